The molecule has 0 bridgehead atoms. The van der Waals surface area contributed by atoms with Gasteiger partial charge in [0, 0.05) is 0 Å². The van der Waals surface area contributed by atoms with Crippen molar-refractivity contribution in [2.24, 2.45) is 5.16 Å². The lowest BCUT2D eigenvalue weighted by molar-refractivity contribution is 0.170. The molecule has 1 rings (SSSR count). The molecule has 0 aliphatic carbocycles. The fourth-order valence-electron chi connectivity index (χ4n) is 0.928. The highest BCUT2D eigenvalue weighted by Crippen LogP contribution is 1.95. The molecule has 1 heterocycles. The molecule has 0 atom stereocenters. The van der Waals surface area contributed by atoms with Gasteiger partial charge in [0.25, 0.3) is 0 Å². The summed E-state index contributed by atoms with van der Waals surface area (Å²) >= 11 is 0. The van der Waals surface area contributed by atoms with Crippen molar-refractivity contribution >= 4 is 0 Å². The average Bonchev–Trinajstić information content (AvgIpc) is 1.99. The van der Waals surface area contributed by atoms with Crippen LogP contribution in [0.1, 0.15) is 11.4 Å². The van der Waals surface area contributed by atoms with Gasteiger partial charge in [-0.25, -0.2) is 0 Å². The number of rotatable bonds is 0. The average molecular weight is 154 g/mol. The predicted molar refractivity (Wildman–Crippen MR) is 38.4 cm³/mol. The molecule has 0 fully saturated rings. The van der Waals surface area contributed by atoms with E-state index in [0.29, 0.717) is 16.7 Å². The zero-order valence-electron chi connectivity index (χ0n) is 6.44. The molecule has 0 saturated heterocycles. The Morgan fingerprint density at radius 3 is 2.09 bits per heavy atom. The Kier molecular flexibility index (Phi) is 1.85. The van der Waals surface area contributed by atoms with Crippen LogP contribution in [-0.4, -0.2) is 15.1 Å². The van der Waals surface area contributed by atoms with Crippen LogP contribution in [0.5, 0.6) is 0 Å². The van der Waals surface area contributed by atoms with E-state index in [9.17, 15) is 5.21 Å². The second-order valence-corrected chi connectivity index (χ2v) is 2.41. The van der Waals surface area contributed by atoms with E-state index in [1.165, 1.54) is 0 Å². The molecule has 2 N–H and O–H groups in total. The van der Waals surface area contributed by atoms with Crippen molar-refractivity contribution in [2.75, 3.05) is 0 Å². The third-order valence-electron chi connectivity index (χ3n) is 1.50. The van der Waals surface area contributed by atoms with Crippen LogP contribution in [-0.2, 0) is 0 Å². The number of nitrogens with zero attached hydrogens (tertiary/aromatic N) is 2. The first kappa shape index (κ1) is 7.65. The second-order valence-electron chi connectivity index (χ2n) is 2.41. The summed E-state index contributed by atoms with van der Waals surface area (Å²) in [6, 6.07) is 3.15. The molecule has 0 unspecified atom stereocenters. The van der Waals surface area contributed by atoms with E-state index in [-0.39, 0.29) is 0 Å². The maximum atomic E-state index is 9.22. The minimum atomic E-state index is 0.449. The van der Waals surface area contributed by atoms with Gasteiger partial charge >= 0.3 is 0 Å². The van der Waals surface area contributed by atoms with Crippen molar-refractivity contribution in [3.05, 3.63) is 28.9 Å². The molecule has 0 aliphatic rings. The van der Waals surface area contributed by atoms with Crippen molar-refractivity contribution < 1.29 is 10.4 Å². The van der Waals surface area contributed by atoms with Gasteiger partial charge in [0.15, 0.2) is 0 Å². The van der Waals surface area contributed by atoms with Gasteiger partial charge in [-0.1, -0.05) is 5.16 Å². The Balaban J connectivity index is 3.45. The first-order chi connectivity index (χ1) is 5.15. The van der Waals surface area contributed by atoms with Gasteiger partial charge in [-0.15, -0.1) is 0 Å². The van der Waals surface area contributed by atoms with Crippen LogP contribution in [0.4, 0.5) is 0 Å². The van der Waals surface area contributed by atoms with Gasteiger partial charge in [-0.3, -0.25) is 0 Å². The normalized spacial score (nSPS) is 9.64. The van der Waals surface area contributed by atoms with Crippen LogP contribution in [0.3, 0.4) is 0 Å². The van der Waals surface area contributed by atoms with E-state index in [4.69, 9.17) is 5.21 Å². The van der Waals surface area contributed by atoms with Crippen LogP contribution >= 0.6 is 0 Å². The smallest absolute Gasteiger partial charge is 0.106 e. The molecule has 0 radical (unpaired) electrons. The third-order valence-corrected chi connectivity index (χ3v) is 1.50. The number of pyridine rings is 1. The van der Waals surface area contributed by atoms with E-state index >= 15 is 0 Å². The highest BCUT2D eigenvalue weighted by molar-refractivity contribution is 5.09. The molecule has 4 nitrogen and oxygen atoms in total. The van der Waals surface area contributed by atoms with Crippen molar-refractivity contribution in [1.29, 1.82) is 0 Å². The van der Waals surface area contributed by atoms with E-state index in [2.05, 4.69) is 5.16 Å². The molecule has 0 aliphatic heterocycles. The van der Waals surface area contributed by atoms with Gasteiger partial charge in [0.1, 0.15) is 5.36 Å². The van der Waals surface area contributed by atoms with E-state index in [0.717, 1.165) is 4.73 Å². The minimum absolute atomic E-state index is 0.449. The van der Waals surface area contributed by atoms with Crippen LogP contribution in [0, 0.1) is 13.8 Å². The molecule has 11 heavy (non-hydrogen) atoms. The Labute approximate surface area is 64.0 Å². The number of aromatic nitrogens is 1. The fraction of sp³-hybridized carbons (Fsp3) is 0.286. The van der Waals surface area contributed by atoms with Crippen molar-refractivity contribution in [3.8, 4) is 0 Å². The molecular weight excluding hydrogens is 144 g/mol. The summed E-state index contributed by atoms with van der Waals surface area (Å²) in [6.45, 7) is 3.45. The Bertz CT molecular complexity index is 301. The van der Waals surface area contributed by atoms with Gasteiger partial charge in [-0.05, 0) is 26.0 Å². The van der Waals surface area contributed by atoms with Gasteiger partial charge in [-0.2, -0.15) is 4.73 Å². The quantitative estimate of drug-likeness (QED) is 0.327. The van der Waals surface area contributed by atoms with Crippen LogP contribution in [0.25, 0.3) is 0 Å². The first-order valence-corrected chi connectivity index (χ1v) is 3.23. The summed E-state index contributed by atoms with van der Waals surface area (Å²) in [4.78, 5) is 0. The molecule has 4 heteroatoms. The largest absolute Gasteiger partial charge is 0.428 e. The molecule has 60 valence electrons. The van der Waals surface area contributed by atoms with Crippen molar-refractivity contribution in [3.63, 3.8) is 0 Å². The topological polar surface area (TPSA) is 57.8 Å². The summed E-state index contributed by atoms with van der Waals surface area (Å²) in [5, 5.41) is 21.1. The van der Waals surface area contributed by atoms with E-state index in [1.807, 2.05) is 0 Å². The van der Waals surface area contributed by atoms with Crippen LogP contribution in [0.2, 0.25) is 0 Å². The Morgan fingerprint density at radius 2 is 1.73 bits per heavy atom. The van der Waals surface area contributed by atoms with E-state index < -0.39 is 0 Å². The van der Waals surface area contributed by atoms with Crippen molar-refractivity contribution in [1.82, 2.24) is 4.73 Å². The van der Waals surface area contributed by atoms with Crippen LogP contribution in [0.15, 0.2) is 17.3 Å². The number of hydrogen-bond donors (Lipinski definition) is 2. The maximum absolute atomic E-state index is 9.22. The van der Waals surface area contributed by atoms with Crippen LogP contribution < -0.4 is 5.36 Å². The molecular formula is C7H10N2O2. The first-order valence-electron chi connectivity index (χ1n) is 3.23. The SMILES string of the molecule is Cc1cc(=NO)cc(C)n1O. The lowest BCUT2D eigenvalue weighted by atomic mass is 10.3. The second kappa shape index (κ2) is 2.65. The standard InChI is InChI=1S/C7H10N2O2/c1-5-3-7(8-10)4-6(2)9(5)11/h3-4,10-11H,1-2H3. The summed E-state index contributed by atoms with van der Waals surface area (Å²) in [5.74, 6) is 0. The lowest BCUT2D eigenvalue weighted by Crippen LogP contribution is -2.11. The molecule has 0 saturated carbocycles. The minimum Gasteiger partial charge on any atom is -0.428 e. The zero-order valence-corrected chi connectivity index (χ0v) is 6.44. The van der Waals surface area contributed by atoms with Crippen molar-refractivity contribution in [2.45, 2.75) is 13.8 Å². The highest BCUT2D eigenvalue weighted by Gasteiger charge is 1.95. The monoisotopic (exact) mass is 154 g/mol. The number of aryl methyl sites for hydroxylation is 2. The molecule has 1 aromatic rings. The molecule has 0 aromatic carbocycles. The van der Waals surface area contributed by atoms with E-state index in [1.54, 1.807) is 26.0 Å². The summed E-state index contributed by atoms with van der Waals surface area (Å²) in [6.07, 6.45) is 0. The van der Waals surface area contributed by atoms with Gasteiger partial charge in [0.2, 0.25) is 0 Å². The fourth-order valence-corrected chi connectivity index (χ4v) is 0.928. The van der Waals surface area contributed by atoms with Gasteiger partial charge in [0.05, 0.1) is 11.4 Å². The molecule has 0 amide bonds. The highest BCUT2D eigenvalue weighted by atomic mass is 16.5. The summed E-state index contributed by atoms with van der Waals surface area (Å²) in [5.41, 5.74) is 1.27. The molecule has 1 aromatic heterocycles. The molecule has 0 spiro atoms. The maximum Gasteiger partial charge on any atom is 0.106 e. The lowest BCUT2D eigenvalue weighted by Gasteiger charge is -2.04. The Hall–Kier alpha value is -1.45. The summed E-state index contributed by atoms with van der Waals surface area (Å²) < 4.78 is 1.04. The zero-order chi connectivity index (χ0) is 8.43. The summed E-state index contributed by atoms with van der Waals surface area (Å²) in [7, 11) is 0. The third kappa shape index (κ3) is 1.34. The van der Waals surface area contributed by atoms with Gasteiger partial charge < -0.3 is 10.4 Å². The predicted octanol–water partition coefficient (Wildman–Crippen LogP) is 0.632. The number of hydrogen-bond acceptors (Lipinski definition) is 3. The Morgan fingerprint density at radius 1 is 1.27 bits per heavy atom.